The van der Waals surface area contributed by atoms with Crippen LogP contribution in [-0.2, 0) is 9.53 Å². The predicted octanol–water partition coefficient (Wildman–Crippen LogP) is 5.01. The molecule has 0 saturated carbocycles. The molecule has 0 N–H and O–H groups in total. The van der Waals surface area contributed by atoms with Crippen molar-refractivity contribution in [3.63, 3.8) is 0 Å². The first-order valence-electron chi connectivity index (χ1n) is 9.00. The number of halogens is 1. The Morgan fingerprint density at radius 1 is 1.07 bits per heavy atom. The highest BCUT2D eigenvalue weighted by molar-refractivity contribution is 8.00. The SMILES string of the molecule is O=C1OCC[C@@H]1Sc1nnc(-c2cc(-c3ccc(Cl)cc3)nc3ccccc23)o1. The number of thioether (sulfide) groups is 1. The largest absolute Gasteiger partial charge is 0.465 e. The number of carbonyl (C=O) groups is 1. The first-order valence-corrected chi connectivity index (χ1v) is 10.3. The molecule has 2 aromatic heterocycles. The lowest BCUT2D eigenvalue weighted by Crippen LogP contribution is -2.09. The number of ether oxygens (including phenoxy) is 1. The highest BCUT2D eigenvalue weighted by Gasteiger charge is 2.29. The van der Waals surface area contributed by atoms with Crippen molar-refractivity contribution < 1.29 is 13.9 Å². The summed E-state index contributed by atoms with van der Waals surface area (Å²) in [5, 5.41) is 9.94. The van der Waals surface area contributed by atoms with Gasteiger partial charge in [-0.2, -0.15) is 0 Å². The van der Waals surface area contributed by atoms with Gasteiger partial charge in [0.1, 0.15) is 5.25 Å². The molecule has 8 heteroatoms. The summed E-state index contributed by atoms with van der Waals surface area (Å²) >= 11 is 7.25. The van der Waals surface area contributed by atoms with Gasteiger partial charge in [-0.25, -0.2) is 4.98 Å². The summed E-state index contributed by atoms with van der Waals surface area (Å²) < 4.78 is 10.9. The minimum atomic E-state index is -0.304. The van der Waals surface area contributed by atoms with Crippen molar-refractivity contribution in [3.8, 4) is 22.7 Å². The fourth-order valence-electron chi connectivity index (χ4n) is 3.19. The van der Waals surface area contributed by atoms with Gasteiger partial charge in [0.2, 0.25) is 5.89 Å². The molecule has 1 saturated heterocycles. The number of esters is 1. The Morgan fingerprint density at radius 2 is 1.90 bits per heavy atom. The van der Waals surface area contributed by atoms with Crippen molar-refractivity contribution >= 4 is 40.2 Å². The van der Waals surface area contributed by atoms with Crippen LogP contribution < -0.4 is 0 Å². The third kappa shape index (κ3) is 3.59. The van der Waals surface area contributed by atoms with Crippen molar-refractivity contribution in [1.82, 2.24) is 15.2 Å². The van der Waals surface area contributed by atoms with Gasteiger partial charge in [0, 0.05) is 22.4 Å². The van der Waals surface area contributed by atoms with Crippen LogP contribution in [0.5, 0.6) is 0 Å². The number of nitrogens with zero attached hydrogens (tertiary/aromatic N) is 3. The zero-order valence-corrected chi connectivity index (χ0v) is 16.6. The van der Waals surface area contributed by atoms with E-state index in [0.29, 0.717) is 29.2 Å². The van der Waals surface area contributed by atoms with Crippen LogP contribution in [0.1, 0.15) is 6.42 Å². The normalized spacial score (nSPS) is 16.3. The van der Waals surface area contributed by atoms with Gasteiger partial charge in [-0.1, -0.05) is 41.9 Å². The maximum Gasteiger partial charge on any atom is 0.319 e. The van der Waals surface area contributed by atoms with E-state index in [1.807, 2.05) is 54.6 Å². The molecule has 2 aromatic carbocycles. The Morgan fingerprint density at radius 3 is 2.69 bits per heavy atom. The second-order valence-corrected chi connectivity index (χ2v) is 8.11. The standard InChI is InChI=1S/C21H14ClN3O3S/c22-13-7-5-12(6-8-13)17-11-15(14-3-1-2-4-16(14)23-17)19-24-25-21(28-19)29-18-9-10-27-20(18)26/h1-8,11,18H,9-10H2/t18-/m0/s1. The molecule has 144 valence electrons. The monoisotopic (exact) mass is 423 g/mol. The van der Waals surface area contributed by atoms with E-state index in [9.17, 15) is 4.79 Å². The molecule has 0 unspecified atom stereocenters. The van der Waals surface area contributed by atoms with Gasteiger partial charge < -0.3 is 9.15 Å². The molecule has 29 heavy (non-hydrogen) atoms. The average Bonchev–Trinajstić information content (AvgIpc) is 3.37. The number of rotatable bonds is 4. The summed E-state index contributed by atoms with van der Waals surface area (Å²) in [5.41, 5.74) is 3.32. The van der Waals surface area contributed by atoms with Crippen LogP contribution in [0.25, 0.3) is 33.6 Å². The fourth-order valence-corrected chi connectivity index (χ4v) is 4.16. The number of pyridine rings is 1. The highest BCUT2D eigenvalue weighted by atomic mass is 35.5. The molecule has 0 spiro atoms. The minimum Gasteiger partial charge on any atom is -0.465 e. The average molecular weight is 424 g/mol. The Hall–Kier alpha value is -2.90. The van der Waals surface area contributed by atoms with Crippen molar-refractivity contribution in [2.75, 3.05) is 6.61 Å². The summed E-state index contributed by atoms with van der Waals surface area (Å²) in [4.78, 5) is 16.5. The van der Waals surface area contributed by atoms with Crippen LogP contribution >= 0.6 is 23.4 Å². The summed E-state index contributed by atoms with van der Waals surface area (Å²) in [6.45, 7) is 0.428. The second kappa shape index (κ2) is 7.50. The van der Waals surface area contributed by atoms with Gasteiger partial charge in [-0.05, 0) is 36.0 Å². The van der Waals surface area contributed by atoms with Crippen LogP contribution in [0.3, 0.4) is 0 Å². The Kier molecular flexibility index (Phi) is 4.69. The van der Waals surface area contributed by atoms with Crippen molar-refractivity contribution in [1.29, 1.82) is 0 Å². The maximum absolute atomic E-state index is 11.7. The molecule has 6 nitrogen and oxygen atoms in total. The lowest BCUT2D eigenvalue weighted by atomic mass is 10.0. The summed E-state index contributed by atoms with van der Waals surface area (Å²) in [7, 11) is 0. The topological polar surface area (TPSA) is 78.1 Å². The van der Waals surface area contributed by atoms with Crippen LogP contribution in [0.15, 0.2) is 64.2 Å². The Labute approximate surface area is 175 Å². The Bertz CT molecular complexity index is 1210. The summed E-state index contributed by atoms with van der Waals surface area (Å²) in [6.07, 6.45) is 0.639. The third-order valence-electron chi connectivity index (χ3n) is 4.62. The summed E-state index contributed by atoms with van der Waals surface area (Å²) in [6, 6.07) is 17.2. The number of benzene rings is 2. The lowest BCUT2D eigenvalue weighted by molar-refractivity contribution is -0.137. The third-order valence-corrected chi connectivity index (χ3v) is 5.95. The van der Waals surface area contributed by atoms with E-state index in [1.165, 1.54) is 11.8 Å². The molecule has 1 aliphatic heterocycles. The van der Waals surface area contributed by atoms with Crippen molar-refractivity contribution in [3.05, 3.63) is 59.6 Å². The first kappa shape index (κ1) is 18.1. The molecule has 1 atom stereocenters. The molecule has 0 radical (unpaired) electrons. The van der Waals surface area contributed by atoms with E-state index in [-0.39, 0.29) is 11.2 Å². The second-order valence-electron chi connectivity index (χ2n) is 6.51. The van der Waals surface area contributed by atoms with Crippen LogP contribution in [0.4, 0.5) is 0 Å². The predicted molar refractivity (Wildman–Crippen MR) is 111 cm³/mol. The number of hydrogen-bond acceptors (Lipinski definition) is 7. The van der Waals surface area contributed by atoms with E-state index < -0.39 is 0 Å². The summed E-state index contributed by atoms with van der Waals surface area (Å²) in [5.74, 6) is 0.141. The van der Waals surface area contributed by atoms with Gasteiger partial charge in [0.15, 0.2) is 0 Å². The molecule has 0 aliphatic carbocycles. The van der Waals surface area contributed by atoms with Crippen LogP contribution in [0, 0.1) is 0 Å². The molecular formula is C21H14ClN3O3S. The van der Waals surface area contributed by atoms with Crippen molar-refractivity contribution in [2.24, 2.45) is 0 Å². The minimum absolute atomic E-state index is 0.242. The quantitative estimate of drug-likeness (QED) is 0.427. The number of aromatic nitrogens is 3. The molecule has 1 aliphatic rings. The molecule has 5 rings (SSSR count). The zero-order valence-electron chi connectivity index (χ0n) is 15.0. The van der Waals surface area contributed by atoms with Gasteiger partial charge in [-0.3, -0.25) is 4.79 Å². The van der Waals surface area contributed by atoms with Crippen molar-refractivity contribution in [2.45, 2.75) is 16.9 Å². The van der Waals surface area contributed by atoms with Crippen LogP contribution in [0.2, 0.25) is 5.02 Å². The van der Waals surface area contributed by atoms with E-state index in [1.54, 1.807) is 0 Å². The lowest BCUT2D eigenvalue weighted by Gasteiger charge is -2.07. The fraction of sp³-hybridized carbons (Fsp3) is 0.143. The van der Waals surface area contributed by atoms with E-state index in [2.05, 4.69) is 10.2 Å². The van der Waals surface area contributed by atoms with Gasteiger partial charge in [-0.15, -0.1) is 10.2 Å². The molecule has 3 heterocycles. The molecular weight excluding hydrogens is 410 g/mol. The zero-order chi connectivity index (χ0) is 19.8. The molecule has 0 amide bonds. The van der Waals surface area contributed by atoms with E-state index in [0.717, 1.165) is 27.7 Å². The molecule has 4 aromatic rings. The van der Waals surface area contributed by atoms with Crippen LogP contribution in [-0.4, -0.2) is 33.0 Å². The number of para-hydroxylation sites is 1. The van der Waals surface area contributed by atoms with E-state index in [4.69, 9.17) is 25.7 Å². The maximum atomic E-state index is 11.7. The van der Waals surface area contributed by atoms with Gasteiger partial charge in [0.25, 0.3) is 5.22 Å². The van der Waals surface area contributed by atoms with Gasteiger partial charge in [0.05, 0.1) is 23.4 Å². The van der Waals surface area contributed by atoms with E-state index >= 15 is 0 Å². The number of hydrogen-bond donors (Lipinski definition) is 0. The smallest absolute Gasteiger partial charge is 0.319 e. The Balaban J connectivity index is 1.57. The molecule has 1 fully saturated rings. The van der Waals surface area contributed by atoms with Gasteiger partial charge >= 0.3 is 5.97 Å². The number of fused-ring (bicyclic) bond motifs is 1. The number of cyclic esters (lactones) is 1. The number of carbonyl (C=O) groups excluding carboxylic acids is 1. The molecule has 0 bridgehead atoms. The highest BCUT2D eigenvalue weighted by Crippen LogP contribution is 2.34. The first-order chi connectivity index (χ1) is 14.2.